The number of ether oxygens (including phenoxy) is 1. The van der Waals surface area contributed by atoms with Crippen LogP contribution in [0.3, 0.4) is 0 Å². The molecule has 0 bridgehead atoms. The van der Waals surface area contributed by atoms with Gasteiger partial charge in [0.25, 0.3) is 0 Å². The largest absolute Gasteiger partial charge is 0.460 e. The summed E-state index contributed by atoms with van der Waals surface area (Å²) in [5, 5.41) is 0. The minimum Gasteiger partial charge on any atom is -0.460 e. The highest BCUT2D eigenvalue weighted by Crippen LogP contribution is 2.15. The molecule has 0 amide bonds. The number of carbonyl (C=O) groups is 2. The second-order valence-corrected chi connectivity index (χ2v) is 5.26. The second-order valence-electron chi connectivity index (χ2n) is 5.26. The van der Waals surface area contributed by atoms with E-state index >= 15 is 0 Å². The summed E-state index contributed by atoms with van der Waals surface area (Å²) in [5.74, 6) is -0.295. The van der Waals surface area contributed by atoms with E-state index in [9.17, 15) is 9.59 Å². The number of esters is 1. The molecular weight excluding hydrogens is 192 g/mol. The third kappa shape index (κ3) is 6.26. The van der Waals surface area contributed by atoms with E-state index in [1.165, 1.54) is 0 Å². The smallest absolute Gasteiger partial charge is 0.313 e. The van der Waals surface area contributed by atoms with Gasteiger partial charge in [0, 0.05) is 5.92 Å². The van der Waals surface area contributed by atoms with Crippen LogP contribution in [0.1, 0.15) is 48.0 Å². The highest BCUT2D eigenvalue weighted by atomic mass is 16.6. The summed E-state index contributed by atoms with van der Waals surface area (Å²) in [4.78, 5) is 22.9. The van der Waals surface area contributed by atoms with Crippen LogP contribution >= 0.6 is 0 Å². The van der Waals surface area contributed by atoms with Gasteiger partial charge in [-0.2, -0.15) is 0 Å². The van der Waals surface area contributed by atoms with Crippen LogP contribution < -0.4 is 0 Å². The third-order valence-corrected chi connectivity index (χ3v) is 2.25. The standard InChI is InChI=1S/C12H22O3/c1-8(2)9(3)10(13)7-11(14)15-12(4,5)6/h8-9H,7H2,1-6H3. The summed E-state index contributed by atoms with van der Waals surface area (Å²) in [5.41, 5.74) is -0.515. The van der Waals surface area contributed by atoms with E-state index in [-0.39, 0.29) is 24.0 Å². The lowest BCUT2D eigenvalue weighted by Crippen LogP contribution is -2.27. The number of rotatable bonds is 4. The number of hydrogen-bond donors (Lipinski definition) is 0. The number of hydrogen-bond acceptors (Lipinski definition) is 3. The zero-order valence-corrected chi connectivity index (χ0v) is 10.6. The quantitative estimate of drug-likeness (QED) is 0.533. The molecule has 1 unspecified atom stereocenters. The highest BCUT2D eigenvalue weighted by molar-refractivity contribution is 5.96. The van der Waals surface area contributed by atoms with Gasteiger partial charge in [0.15, 0.2) is 0 Å². The Balaban J connectivity index is 4.14. The summed E-state index contributed by atoms with van der Waals surface area (Å²) in [6.07, 6.45) is -0.114. The molecule has 0 rings (SSSR count). The van der Waals surface area contributed by atoms with Crippen LogP contribution in [0.15, 0.2) is 0 Å². The molecule has 3 nitrogen and oxygen atoms in total. The molecule has 3 heteroatoms. The average Bonchev–Trinajstić information content (AvgIpc) is 1.98. The van der Waals surface area contributed by atoms with E-state index in [0.29, 0.717) is 0 Å². The minimum atomic E-state index is -0.515. The molecule has 0 spiro atoms. The van der Waals surface area contributed by atoms with Crippen molar-refractivity contribution in [3.63, 3.8) is 0 Å². The van der Waals surface area contributed by atoms with Crippen LogP contribution in [0.2, 0.25) is 0 Å². The maximum atomic E-state index is 11.6. The normalized spacial score (nSPS) is 13.8. The van der Waals surface area contributed by atoms with Gasteiger partial charge in [-0.1, -0.05) is 20.8 Å². The van der Waals surface area contributed by atoms with Crippen molar-refractivity contribution in [2.75, 3.05) is 0 Å². The maximum Gasteiger partial charge on any atom is 0.313 e. The summed E-state index contributed by atoms with van der Waals surface area (Å²) in [6, 6.07) is 0. The monoisotopic (exact) mass is 214 g/mol. The summed E-state index contributed by atoms with van der Waals surface area (Å²) in [7, 11) is 0. The van der Waals surface area contributed by atoms with Crippen LogP contribution in [0, 0.1) is 11.8 Å². The van der Waals surface area contributed by atoms with Gasteiger partial charge in [-0.15, -0.1) is 0 Å². The molecule has 0 aromatic heterocycles. The molecule has 0 fully saturated rings. The van der Waals surface area contributed by atoms with Gasteiger partial charge in [0.05, 0.1) is 0 Å². The van der Waals surface area contributed by atoms with E-state index in [2.05, 4.69) is 0 Å². The van der Waals surface area contributed by atoms with E-state index < -0.39 is 11.6 Å². The van der Waals surface area contributed by atoms with E-state index in [1.807, 2.05) is 20.8 Å². The van der Waals surface area contributed by atoms with Crippen LogP contribution in [0.4, 0.5) is 0 Å². The van der Waals surface area contributed by atoms with E-state index in [4.69, 9.17) is 4.74 Å². The number of Topliss-reactive ketones (excluding diaryl/α,β-unsaturated/α-hetero) is 1. The summed E-state index contributed by atoms with van der Waals surface area (Å²) >= 11 is 0. The average molecular weight is 214 g/mol. The molecule has 0 aromatic carbocycles. The van der Waals surface area contributed by atoms with Gasteiger partial charge in [-0.25, -0.2) is 0 Å². The van der Waals surface area contributed by atoms with E-state index in [1.54, 1.807) is 20.8 Å². The Hall–Kier alpha value is -0.860. The maximum absolute atomic E-state index is 11.6. The van der Waals surface area contributed by atoms with Crippen molar-refractivity contribution in [3.05, 3.63) is 0 Å². The molecular formula is C12H22O3. The molecule has 0 aromatic rings. The van der Waals surface area contributed by atoms with E-state index in [0.717, 1.165) is 0 Å². The zero-order valence-electron chi connectivity index (χ0n) is 10.6. The van der Waals surface area contributed by atoms with Crippen LogP contribution in [-0.4, -0.2) is 17.4 Å². The van der Waals surface area contributed by atoms with Gasteiger partial charge in [0.1, 0.15) is 17.8 Å². The van der Waals surface area contributed by atoms with Crippen molar-refractivity contribution in [2.24, 2.45) is 11.8 Å². The van der Waals surface area contributed by atoms with Gasteiger partial charge >= 0.3 is 5.97 Å². The molecule has 0 saturated carbocycles. The summed E-state index contributed by atoms with van der Waals surface area (Å²) < 4.78 is 5.08. The lowest BCUT2D eigenvalue weighted by Gasteiger charge is -2.20. The molecule has 0 heterocycles. The fourth-order valence-corrected chi connectivity index (χ4v) is 1.05. The van der Waals surface area contributed by atoms with Gasteiger partial charge in [0.2, 0.25) is 0 Å². The first kappa shape index (κ1) is 14.1. The Morgan fingerprint density at radius 1 is 1.13 bits per heavy atom. The van der Waals surface area contributed by atoms with Crippen molar-refractivity contribution in [1.29, 1.82) is 0 Å². The zero-order chi connectivity index (χ0) is 12.2. The lowest BCUT2D eigenvalue weighted by atomic mass is 9.92. The van der Waals surface area contributed by atoms with Crippen molar-refractivity contribution >= 4 is 11.8 Å². The molecule has 0 radical (unpaired) electrons. The topological polar surface area (TPSA) is 43.4 Å². The van der Waals surface area contributed by atoms with Crippen molar-refractivity contribution in [3.8, 4) is 0 Å². The minimum absolute atomic E-state index is 0.0424. The molecule has 0 aliphatic carbocycles. The predicted molar refractivity (Wildman–Crippen MR) is 59.5 cm³/mol. The Bertz CT molecular complexity index is 236. The molecule has 15 heavy (non-hydrogen) atoms. The van der Waals surface area contributed by atoms with Gasteiger partial charge < -0.3 is 4.74 Å². The molecule has 0 aliphatic heterocycles. The first-order chi connectivity index (χ1) is 6.63. The fourth-order valence-electron chi connectivity index (χ4n) is 1.05. The van der Waals surface area contributed by atoms with Crippen LogP contribution in [0.5, 0.6) is 0 Å². The first-order valence-corrected chi connectivity index (χ1v) is 5.38. The number of ketones is 1. The highest BCUT2D eigenvalue weighted by Gasteiger charge is 2.23. The first-order valence-electron chi connectivity index (χ1n) is 5.38. The fraction of sp³-hybridized carbons (Fsp3) is 0.833. The Kier molecular flexibility index (Phi) is 4.98. The molecule has 0 aliphatic rings. The molecule has 1 atom stereocenters. The lowest BCUT2D eigenvalue weighted by molar-refractivity contribution is -0.156. The van der Waals surface area contributed by atoms with Crippen LogP contribution in [0.25, 0.3) is 0 Å². The second kappa shape index (κ2) is 5.29. The SMILES string of the molecule is CC(C)C(C)C(=O)CC(=O)OC(C)(C)C. The summed E-state index contributed by atoms with van der Waals surface area (Å²) in [6.45, 7) is 11.2. The van der Waals surface area contributed by atoms with Crippen molar-refractivity contribution < 1.29 is 14.3 Å². The predicted octanol–water partition coefficient (Wildman–Crippen LogP) is 2.58. The Morgan fingerprint density at radius 3 is 1.93 bits per heavy atom. The third-order valence-electron chi connectivity index (χ3n) is 2.25. The van der Waals surface area contributed by atoms with Crippen LogP contribution in [-0.2, 0) is 14.3 Å². The Morgan fingerprint density at radius 2 is 1.60 bits per heavy atom. The number of carbonyl (C=O) groups excluding carboxylic acids is 2. The van der Waals surface area contributed by atoms with Crippen molar-refractivity contribution in [2.45, 2.75) is 53.6 Å². The Labute approximate surface area is 92.2 Å². The molecule has 0 saturated heterocycles. The molecule has 88 valence electrons. The van der Waals surface area contributed by atoms with Gasteiger partial charge in [-0.05, 0) is 26.7 Å². The van der Waals surface area contributed by atoms with Crippen molar-refractivity contribution in [1.82, 2.24) is 0 Å². The van der Waals surface area contributed by atoms with Gasteiger partial charge in [-0.3, -0.25) is 9.59 Å². The molecule has 0 N–H and O–H groups in total.